The molecule has 3 rings (SSSR count). The van der Waals surface area contributed by atoms with E-state index in [2.05, 4.69) is 15.5 Å². The molecule has 0 aliphatic carbocycles. The fourth-order valence-electron chi connectivity index (χ4n) is 2.23. The Morgan fingerprint density at radius 2 is 1.80 bits per heavy atom. The predicted octanol–water partition coefficient (Wildman–Crippen LogP) is 3.29. The number of nitrogens with zero attached hydrogens (tertiary/aromatic N) is 4. The van der Waals surface area contributed by atoms with E-state index in [1.807, 2.05) is 59.3 Å². The Hall–Kier alpha value is -2.54. The SMILES string of the molecule is COc1ccc(Cn2nnnc2SCCCOc2ccccc2)cc1. The van der Waals surface area contributed by atoms with Crippen LogP contribution >= 0.6 is 11.8 Å². The predicted molar refractivity (Wildman–Crippen MR) is 97.2 cm³/mol. The molecule has 0 fully saturated rings. The molecule has 0 saturated heterocycles. The Morgan fingerprint density at radius 1 is 1.00 bits per heavy atom. The van der Waals surface area contributed by atoms with Crippen LogP contribution < -0.4 is 9.47 Å². The molecule has 130 valence electrons. The van der Waals surface area contributed by atoms with Gasteiger partial charge in [-0.2, -0.15) is 0 Å². The first-order valence-corrected chi connectivity index (χ1v) is 9.03. The molecule has 0 amide bonds. The molecule has 1 heterocycles. The first-order valence-electron chi connectivity index (χ1n) is 8.05. The van der Waals surface area contributed by atoms with Gasteiger partial charge < -0.3 is 9.47 Å². The number of para-hydroxylation sites is 1. The van der Waals surface area contributed by atoms with Crippen LogP contribution in [-0.4, -0.2) is 39.7 Å². The van der Waals surface area contributed by atoms with Crippen molar-refractivity contribution in [2.45, 2.75) is 18.1 Å². The lowest BCUT2D eigenvalue weighted by Crippen LogP contribution is -2.05. The summed E-state index contributed by atoms with van der Waals surface area (Å²) < 4.78 is 12.7. The van der Waals surface area contributed by atoms with Crippen molar-refractivity contribution >= 4 is 11.8 Å². The van der Waals surface area contributed by atoms with Crippen LogP contribution in [-0.2, 0) is 6.54 Å². The van der Waals surface area contributed by atoms with Crippen LogP contribution in [0.3, 0.4) is 0 Å². The third kappa shape index (κ3) is 5.22. The van der Waals surface area contributed by atoms with Gasteiger partial charge in [0, 0.05) is 5.75 Å². The van der Waals surface area contributed by atoms with Crippen molar-refractivity contribution < 1.29 is 9.47 Å². The fourth-order valence-corrected chi connectivity index (χ4v) is 3.02. The summed E-state index contributed by atoms with van der Waals surface area (Å²) in [5.74, 6) is 2.64. The summed E-state index contributed by atoms with van der Waals surface area (Å²) in [5, 5.41) is 12.8. The van der Waals surface area contributed by atoms with E-state index in [9.17, 15) is 0 Å². The molecular weight excluding hydrogens is 336 g/mol. The monoisotopic (exact) mass is 356 g/mol. The molecule has 0 unspecified atom stereocenters. The van der Waals surface area contributed by atoms with E-state index in [1.54, 1.807) is 18.9 Å². The van der Waals surface area contributed by atoms with Crippen LogP contribution in [0.1, 0.15) is 12.0 Å². The summed E-state index contributed by atoms with van der Waals surface area (Å²) in [6.07, 6.45) is 0.926. The van der Waals surface area contributed by atoms with Crippen molar-refractivity contribution in [1.29, 1.82) is 0 Å². The van der Waals surface area contributed by atoms with Crippen molar-refractivity contribution in [1.82, 2.24) is 20.2 Å². The second kappa shape index (κ2) is 9.08. The van der Waals surface area contributed by atoms with Gasteiger partial charge in [-0.25, -0.2) is 4.68 Å². The average Bonchev–Trinajstić information content (AvgIpc) is 3.10. The summed E-state index contributed by atoms with van der Waals surface area (Å²) in [5.41, 5.74) is 1.13. The quantitative estimate of drug-likeness (QED) is 0.433. The van der Waals surface area contributed by atoms with Crippen molar-refractivity contribution in [3.8, 4) is 11.5 Å². The highest BCUT2D eigenvalue weighted by atomic mass is 32.2. The fraction of sp³-hybridized carbons (Fsp3) is 0.278. The maximum absolute atomic E-state index is 5.69. The van der Waals surface area contributed by atoms with Gasteiger partial charge in [0.25, 0.3) is 0 Å². The minimum absolute atomic E-state index is 0.639. The molecule has 3 aromatic rings. The number of aromatic nitrogens is 4. The summed E-state index contributed by atoms with van der Waals surface area (Å²) in [6.45, 7) is 1.32. The summed E-state index contributed by atoms with van der Waals surface area (Å²) in [4.78, 5) is 0. The molecular formula is C18H20N4O2S. The van der Waals surface area contributed by atoms with Gasteiger partial charge in [0.2, 0.25) is 5.16 Å². The molecule has 1 aromatic heterocycles. The first kappa shape index (κ1) is 17.3. The zero-order chi connectivity index (χ0) is 17.3. The Labute approximate surface area is 151 Å². The van der Waals surface area contributed by atoms with Crippen molar-refractivity contribution in [3.05, 3.63) is 60.2 Å². The third-order valence-electron chi connectivity index (χ3n) is 3.52. The minimum atomic E-state index is 0.639. The van der Waals surface area contributed by atoms with E-state index < -0.39 is 0 Å². The van der Waals surface area contributed by atoms with E-state index in [-0.39, 0.29) is 0 Å². The maximum atomic E-state index is 5.69. The summed E-state index contributed by atoms with van der Waals surface area (Å²) in [6, 6.07) is 17.7. The second-order valence-corrected chi connectivity index (χ2v) is 6.39. The highest BCUT2D eigenvalue weighted by Gasteiger charge is 2.07. The molecule has 0 bridgehead atoms. The Bertz CT molecular complexity index is 762. The van der Waals surface area contributed by atoms with Gasteiger partial charge >= 0.3 is 0 Å². The molecule has 0 atom stereocenters. The van der Waals surface area contributed by atoms with Crippen LogP contribution in [0.2, 0.25) is 0 Å². The van der Waals surface area contributed by atoms with E-state index in [4.69, 9.17) is 9.47 Å². The first-order chi connectivity index (χ1) is 12.3. The zero-order valence-electron chi connectivity index (χ0n) is 14.0. The van der Waals surface area contributed by atoms with Crippen LogP contribution in [0.15, 0.2) is 59.8 Å². The highest BCUT2D eigenvalue weighted by molar-refractivity contribution is 7.99. The van der Waals surface area contributed by atoms with Crippen LogP contribution in [0.5, 0.6) is 11.5 Å². The average molecular weight is 356 g/mol. The largest absolute Gasteiger partial charge is 0.497 e. The van der Waals surface area contributed by atoms with Crippen molar-refractivity contribution in [2.24, 2.45) is 0 Å². The van der Waals surface area contributed by atoms with Crippen LogP contribution in [0.25, 0.3) is 0 Å². The number of tetrazole rings is 1. The topological polar surface area (TPSA) is 62.1 Å². The lowest BCUT2D eigenvalue weighted by molar-refractivity contribution is 0.318. The van der Waals surface area contributed by atoms with E-state index in [1.165, 1.54) is 0 Å². The number of thioether (sulfide) groups is 1. The molecule has 7 heteroatoms. The molecule has 0 aliphatic rings. The standard InChI is InChI=1S/C18H20N4O2S/c1-23-16-10-8-15(9-11-16)14-22-18(19-20-21-22)25-13-5-12-24-17-6-3-2-4-7-17/h2-4,6-11H,5,12-14H2,1H3. The van der Waals surface area contributed by atoms with Crippen LogP contribution in [0.4, 0.5) is 0 Å². The Morgan fingerprint density at radius 3 is 2.56 bits per heavy atom. The van der Waals surface area contributed by atoms with Crippen molar-refractivity contribution in [2.75, 3.05) is 19.5 Å². The minimum Gasteiger partial charge on any atom is -0.497 e. The molecule has 0 saturated carbocycles. The molecule has 0 spiro atoms. The number of ether oxygens (including phenoxy) is 2. The zero-order valence-corrected chi connectivity index (χ0v) is 14.9. The van der Waals surface area contributed by atoms with Gasteiger partial charge in [0.05, 0.1) is 20.3 Å². The van der Waals surface area contributed by atoms with Gasteiger partial charge in [-0.15, -0.1) is 5.10 Å². The van der Waals surface area contributed by atoms with Gasteiger partial charge in [-0.3, -0.25) is 0 Å². The number of hydrogen-bond donors (Lipinski definition) is 0. The third-order valence-corrected chi connectivity index (χ3v) is 4.57. The number of hydrogen-bond acceptors (Lipinski definition) is 6. The molecule has 25 heavy (non-hydrogen) atoms. The van der Waals surface area contributed by atoms with E-state index in [0.29, 0.717) is 13.2 Å². The molecule has 0 aliphatic heterocycles. The van der Waals surface area contributed by atoms with Gasteiger partial charge in [-0.05, 0) is 46.7 Å². The lowest BCUT2D eigenvalue weighted by atomic mass is 10.2. The lowest BCUT2D eigenvalue weighted by Gasteiger charge is -2.07. The van der Waals surface area contributed by atoms with Crippen molar-refractivity contribution in [3.63, 3.8) is 0 Å². The molecule has 0 radical (unpaired) electrons. The Kier molecular flexibility index (Phi) is 6.28. The highest BCUT2D eigenvalue weighted by Crippen LogP contribution is 2.18. The number of rotatable bonds is 9. The van der Waals surface area contributed by atoms with Crippen LogP contribution in [0, 0.1) is 0 Å². The Balaban J connectivity index is 1.45. The smallest absolute Gasteiger partial charge is 0.209 e. The van der Waals surface area contributed by atoms with Gasteiger partial charge in [0.1, 0.15) is 11.5 Å². The summed E-state index contributed by atoms with van der Waals surface area (Å²) >= 11 is 1.64. The van der Waals surface area contributed by atoms with E-state index in [0.717, 1.165) is 34.4 Å². The normalized spacial score (nSPS) is 10.6. The number of methoxy groups -OCH3 is 1. The van der Waals surface area contributed by atoms with Gasteiger partial charge in [0.15, 0.2) is 0 Å². The maximum Gasteiger partial charge on any atom is 0.209 e. The molecule has 6 nitrogen and oxygen atoms in total. The number of benzene rings is 2. The summed E-state index contributed by atoms with van der Waals surface area (Å²) in [7, 11) is 1.66. The van der Waals surface area contributed by atoms with E-state index >= 15 is 0 Å². The van der Waals surface area contributed by atoms with Gasteiger partial charge in [-0.1, -0.05) is 42.1 Å². The molecule has 2 aromatic carbocycles. The molecule has 0 N–H and O–H groups in total. The second-order valence-electron chi connectivity index (χ2n) is 5.33.